The van der Waals surface area contributed by atoms with E-state index >= 15 is 0 Å². The average molecular weight is 331 g/mol. The Hall–Kier alpha value is -2.46. The Morgan fingerprint density at radius 1 is 1.08 bits per heavy atom. The summed E-state index contributed by atoms with van der Waals surface area (Å²) in [6.45, 7) is 1.83. The van der Waals surface area contributed by atoms with Crippen molar-refractivity contribution in [3.05, 3.63) is 76.3 Å². The molecule has 2 aliphatic rings. The number of rotatable bonds is 3. The third-order valence-corrected chi connectivity index (χ3v) is 5.81. The van der Waals surface area contributed by atoms with Gasteiger partial charge in [-0.05, 0) is 36.0 Å². The molecule has 2 fully saturated rings. The Balaban J connectivity index is 1.52. The zero-order valence-electron chi connectivity index (χ0n) is 14.3. The summed E-state index contributed by atoms with van der Waals surface area (Å²) in [7, 11) is 1.84. The summed E-state index contributed by atoms with van der Waals surface area (Å²) < 4.78 is 1.72. The molecule has 0 radical (unpaired) electrons. The van der Waals surface area contributed by atoms with Crippen LogP contribution >= 0.6 is 0 Å². The van der Waals surface area contributed by atoms with Gasteiger partial charge in [-0.25, -0.2) is 4.98 Å². The maximum absolute atomic E-state index is 12.7. The van der Waals surface area contributed by atoms with E-state index in [-0.39, 0.29) is 5.56 Å². The number of para-hydroxylation sites is 1. The number of benzene rings is 2. The van der Waals surface area contributed by atoms with Gasteiger partial charge in [0.1, 0.15) is 5.82 Å². The average Bonchev–Trinajstić information content (AvgIpc) is 3.31. The van der Waals surface area contributed by atoms with E-state index in [1.165, 1.54) is 12.0 Å². The maximum atomic E-state index is 12.7. The van der Waals surface area contributed by atoms with E-state index in [1.807, 2.05) is 31.3 Å². The number of nitrogens with zero attached hydrogens (tertiary/aromatic N) is 3. The summed E-state index contributed by atoms with van der Waals surface area (Å²) in [6, 6.07) is 18.8. The number of hydrogen-bond donors (Lipinski definition) is 0. The molecule has 126 valence electrons. The molecule has 4 nitrogen and oxygen atoms in total. The number of aromatic nitrogens is 2. The monoisotopic (exact) mass is 331 g/mol. The van der Waals surface area contributed by atoms with Crippen LogP contribution < -0.4 is 5.56 Å². The van der Waals surface area contributed by atoms with Crippen molar-refractivity contribution in [3.63, 3.8) is 0 Å². The smallest absolute Gasteiger partial charge is 0.261 e. The van der Waals surface area contributed by atoms with Crippen LogP contribution in [0.3, 0.4) is 0 Å². The third-order valence-electron chi connectivity index (χ3n) is 5.81. The summed E-state index contributed by atoms with van der Waals surface area (Å²) in [6.07, 6.45) is 1.33. The maximum Gasteiger partial charge on any atom is 0.261 e. The van der Waals surface area contributed by atoms with Gasteiger partial charge in [-0.3, -0.25) is 14.3 Å². The van der Waals surface area contributed by atoms with Gasteiger partial charge in [0, 0.05) is 19.6 Å². The van der Waals surface area contributed by atoms with Crippen molar-refractivity contribution in [1.29, 1.82) is 0 Å². The van der Waals surface area contributed by atoms with Gasteiger partial charge < -0.3 is 0 Å². The third kappa shape index (κ3) is 2.40. The summed E-state index contributed by atoms with van der Waals surface area (Å²) >= 11 is 0. The minimum absolute atomic E-state index is 0.0428. The molecule has 3 aromatic rings. The molecule has 4 heteroatoms. The fraction of sp³-hybridized carbons (Fsp3) is 0.333. The van der Waals surface area contributed by atoms with Gasteiger partial charge in [-0.2, -0.15) is 0 Å². The SMILES string of the molecule is Cn1c(CN2C[C@@H]3C[C@@H]3[C@@H]2c2ccccc2)nc2ccccc2c1=O. The number of piperidine rings is 1. The molecule has 0 unspecified atom stereocenters. The van der Waals surface area contributed by atoms with Gasteiger partial charge in [0.05, 0.1) is 17.4 Å². The summed E-state index contributed by atoms with van der Waals surface area (Å²) in [4.78, 5) is 19.9. The summed E-state index contributed by atoms with van der Waals surface area (Å²) in [5, 5.41) is 0.692. The van der Waals surface area contributed by atoms with Gasteiger partial charge in [0.2, 0.25) is 0 Å². The summed E-state index contributed by atoms with van der Waals surface area (Å²) in [5.74, 6) is 2.42. The molecule has 1 aromatic heterocycles. The van der Waals surface area contributed by atoms with Gasteiger partial charge in [0.25, 0.3) is 5.56 Å². The van der Waals surface area contributed by atoms with Crippen LogP contribution in [0, 0.1) is 11.8 Å². The molecule has 25 heavy (non-hydrogen) atoms. The number of hydrogen-bond acceptors (Lipinski definition) is 3. The van der Waals surface area contributed by atoms with Crippen LogP contribution in [-0.2, 0) is 13.6 Å². The molecule has 0 amide bonds. The Morgan fingerprint density at radius 2 is 1.84 bits per heavy atom. The second-order valence-electron chi connectivity index (χ2n) is 7.35. The lowest BCUT2D eigenvalue weighted by Crippen LogP contribution is -2.31. The standard InChI is InChI=1S/C21H21N3O/c1-23-19(22-18-10-6-5-9-16(18)21(23)25)13-24-12-15-11-17(15)20(24)14-7-3-2-4-8-14/h2-10,15,17,20H,11-13H2,1H3/t15-,17-,20-/m0/s1. The first-order valence-electron chi connectivity index (χ1n) is 8.96. The Kier molecular flexibility index (Phi) is 3.28. The first kappa shape index (κ1) is 14.8. The molecule has 1 aliphatic heterocycles. The molecule has 0 N–H and O–H groups in total. The molecule has 2 aromatic carbocycles. The van der Waals surface area contributed by atoms with Crippen molar-refractivity contribution < 1.29 is 0 Å². The van der Waals surface area contributed by atoms with E-state index in [4.69, 9.17) is 4.98 Å². The molecule has 1 saturated heterocycles. The van der Waals surface area contributed by atoms with Crippen LogP contribution in [0.4, 0.5) is 0 Å². The first-order valence-corrected chi connectivity index (χ1v) is 8.96. The van der Waals surface area contributed by atoms with Crippen LogP contribution in [0.25, 0.3) is 10.9 Å². The Labute approximate surface area is 146 Å². The van der Waals surface area contributed by atoms with E-state index in [9.17, 15) is 4.79 Å². The molecular weight excluding hydrogens is 310 g/mol. The largest absolute Gasteiger partial charge is 0.298 e. The van der Waals surface area contributed by atoms with E-state index in [1.54, 1.807) is 4.57 Å². The van der Waals surface area contributed by atoms with Crippen molar-refractivity contribution in [1.82, 2.24) is 14.5 Å². The molecule has 0 bridgehead atoms. The highest BCUT2D eigenvalue weighted by Crippen LogP contribution is 2.56. The fourth-order valence-corrected chi connectivity index (χ4v) is 4.41. The van der Waals surface area contributed by atoms with Gasteiger partial charge in [-0.15, -0.1) is 0 Å². The van der Waals surface area contributed by atoms with Crippen LogP contribution in [0.15, 0.2) is 59.4 Å². The molecule has 2 heterocycles. The summed E-state index contributed by atoms with van der Waals surface area (Å²) in [5.41, 5.74) is 2.22. The lowest BCUT2D eigenvalue weighted by Gasteiger charge is -2.28. The van der Waals surface area contributed by atoms with Crippen LogP contribution in [0.1, 0.15) is 23.9 Å². The van der Waals surface area contributed by atoms with E-state index < -0.39 is 0 Å². The molecule has 1 aliphatic carbocycles. The zero-order chi connectivity index (χ0) is 17.0. The quantitative estimate of drug-likeness (QED) is 0.740. The van der Waals surface area contributed by atoms with Crippen molar-refractivity contribution in [2.45, 2.75) is 19.0 Å². The second-order valence-corrected chi connectivity index (χ2v) is 7.35. The predicted octanol–water partition coefficient (Wildman–Crippen LogP) is 3.13. The van der Waals surface area contributed by atoms with Gasteiger partial charge in [0.15, 0.2) is 0 Å². The highest BCUT2D eigenvalue weighted by atomic mass is 16.1. The lowest BCUT2D eigenvalue weighted by atomic mass is 10.0. The minimum atomic E-state index is 0.0428. The molecule has 1 saturated carbocycles. The van der Waals surface area contributed by atoms with Crippen LogP contribution in [0.2, 0.25) is 0 Å². The van der Waals surface area contributed by atoms with Crippen LogP contribution in [-0.4, -0.2) is 21.0 Å². The minimum Gasteiger partial charge on any atom is -0.298 e. The molecular formula is C21H21N3O. The molecule has 3 atom stereocenters. The highest BCUT2D eigenvalue weighted by molar-refractivity contribution is 5.77. The van der Waals surface area contributed by atoms with E-state index in [2.05, 4.69) is 35.2 Å². The normalized spacial score (nSPS) is 25.2. The van der Waals surface area contributed by atoms with Crippen molar-refractivity contribution in [2.75, 3.05) is 6.54 Å². The fourth-order valence-electron chi connectivity index (χ4n) is 4.41. The first-order chi connectivity index (χ1) is 12.2. The van der Waals surface area contributed by atoms with Crippen molar-refractivity contribution >= 4 is 10.9 Å². The van der Waals surface area contributed by atoms with Crippen LogP contribution in [0.5, 0.6) is 0 Å². The van der Waals surface area contributed by atoms with Crippen molar-refractivity contribution in [3.8, 4) is 0 Å². The number of likely N-dealkylation sites (tertiary alicyclic amines) is 1. The predicted molar refractivity (Wildman–Crippen MR) is 98.2 cm³/mol. The van der Waals surface area contributed by atoms with Gasteiger partial charge in [-0.1, -0.05) is 42.5 Å². The Morgan fingerprint density at radius 3 is 2.68 bits per heavy atom. The molecule has 0 spiro atoms. The van der Waals surface area contributed by atoms with E-state index in [0.29, 0.717) is 11.4 Å². The Bertz CT molecular complexity index is 995. The zero-order valence-corrected chi connectivity index (χ0v) is 14.3. The lowest BCUT2D eigenvalue weighted by molar-refractivity contribution is 0.205. The number of fused-ring (bicyclic) bond motifs is 2. The topological polar surface area (TPSA) is 38.1 Å². The van der Waals surface area contributed by atoms with Crippen molar-refractivity contribution in [2.24, 2.45) is 18.9 Å². The van der Waals surface area contributed by atoms with Gasteiger partial charge >= 0.3 is 0 Å². The second kappa shape index (κ2) is 5.53. The highest BCUT2D eigenvalue weighted by Gasteiger charge is 2.52. The van der Waals surface area contributed by atoms with E-state index in [0.717, 1.165) is 36.3 Å². The molecule has 5 rings (SSSR count).